The number of benzene rings is 1. The Morgan fingerprint density at radius 1 is 1.29 bits per heavy atom. The lowest BCUT2D eigenvalue weighted by Crippen LogP contribution is -2.19. The largest absolute Gasteiger partial charge is 0.370 e. The van der Waals surface area contributed by atoms with Crippen molar-refractivity contribution in [3.05, 3.63) is 34.3 Å². The van der Waals surface area contributed by atoms with Crippen LogP contribution in [0.3, 0.4) is 0 Å². The molecule has 0 amide bonds. The third-order valence-corrected chi connectivity index (χ3v) is 2.42. The summed E-state index contributed by atoms with van der Waals surface area (Å²) in [6.45, 7) is 4.54. The molecule has 0 unspecified atom stereocenters. The number of hydrogen-bond acceptors (Lipinski definition) is 2. The molecule has 0 aliphatic rings. The summed E-state index contributed by atoms with van der Waals surface area (Å²) in [6.07, 6.45) is 0.204. The van der Waals surface area contributed by atoms with E-state index in [0.717, 1.165) is 10.0 Å². The molecule has 0 saturated heterocycles. The van der Waals surface area contributed by atoms with Crippen LogP contribution in [0.15, 0.2) is 28.7 Å². The maximum Gasteiger partial charge on any atom is 0.0950 e. The highest BCUT2D eigenvalue weighted by atomic mass is 79.9. The van der Waals surface area contributed by atoms with Gasteiger partial charge >= 0.3 is 0 Å². The molecule has 0 bridgehead atoms. The molecule has 2 N–H and O–H groups in total. The minimum atomic E-state index is 0.00287. The van der Waals surface area contributed by atoms with Crippen molar-refractivity contribution in [2.75, 3.05) is 6.54 Å². The van der Waals surface area contributed by atoms with Crippen molar-refractivity contribution in [3.63, 3.8) is 0 Å². The molecule has 78 valence electrons. The lowest BCUT2D eigenvalue weighted by molar-refractivity contribution is 0.0119. The van der Waals surface area contributed by atoms with Crippen LogP contribution in [0.2, 0.25) is 0 Å². The molecular weight excluding hydrogens is 242 g/mol. The van der Waals surface area contributed by atoms with E-state index < -0.39 is 0 Å². The van der Waals surface area contributed by atoms with Crippen molar-refractivity contribution in [1.82, 2.24) is 0 Å². The topological polar surface area (TPSA) is 35.2 Å². The van der Waals surface area contributed by atoms with Gasteiger partial charge in [0.05, 0.1) is 12.2 Å². The first-order valence-electron chi connectivity index (χ1n) is 4.74. The van der Waals surface area contributed by atoms with Gasteiger partial charge in [0, 0.05) is 11.0 Å². The summed E-state index contributed by atoms with van der Waals surface area (Å²) < 4.78 is 6.76. The molecule has 0 heterocycles. The maximum absolute atomic E-state index is 5.69. The molecule has 14 heavy (non-hydrogen) atoms. The van der Waals surface area contributed by atoms with Gasteiger partial charge in [-0.25, -0.2) is 0 Å². The maximum atomic E-state index is 5.69. The van der Waals surface area contributed by atoms with Crippen molar-refractivity contribution >= 4 is 15.9 Å². The number of hydrogen-bond donors (Lipinski definition) is 1. The first kappa shape index (κ1) is 11.7. The van der Waals surface area contributed by atoms with Crippen LogP contribution >= 0.6 is 15.9 Å². The van der Waals surface area contributed by atoms with Crippen molar-refractivity contribution in [2.45, 2.75) is 26.1 Å². The quantitative estimate of drug-likeness (QED) is 0.901. The lowest BCUT2D eigenvalue weighted by Gasteiger charge is -2.19. The van der Waals surface area contributed by atoms with Gasteiger partial charge in [-0.05, 0) is 31.5 Å². The average Bonchev–Trinajstić information content (AvgIpc) is 2.15. The minimum absolute atomic E-state index is 0.00287. The molecular formula is C11H16BrNO. The minimum Gasteiger partial charge on any atom is -0.370 e. The Morgan fingerprint density at radius 3 is 2.29 bits per heavy atom. The van der Waals surface area contributed by atoms with Gasteiger partial charge < -0.3 is 10.5 Å². The van der Waals surface area contributed by atoms with Gasteiger partial charge in [-0.2, -0.15) is 0 Å². The van der Waals surface area contributed by atoms with E-state index in [-0.39, 0.29) is 12.2 Å². The van der Waals surface area contributed by atoms with Crippen molar-refractivity contribution < 1.29 is 4.74 Å². The van der Waals surface area contributed by atoms with Crippen LogP contribution < -0.4 is 5.73 Å². The second-order valence-electron chi connectivity index (χ2n) is 3.46. The molecule has 0 fully saturated rings. The van der Waals surface area contributed by atoms with Gasteiger partial charge in [0.2, 0.25) is 0 Å². The Morgan fingerprint density at radius 2 is 1.86 bits per heavy atom. The van der Waals surface area contributed by atoms with E-state index in [1.807, 2.05) is 38.1 Å². The molecule has 1 rings (SSSR count). The predicted octanol–water partition coefficient (Wildman–Crippen LogP) is 2.87. The molecule has 0 aromatic heterocycles. The van der Waals surface area contributed by atoms with Gasteiger partial charge in [-0.1, -0.05) is 28.1 Å². The molecule has 0 saturated carbocycles. The summed E-state index contributed by atoms with van der Waals surface area (Å²) in [4.78, 5) is 0. The van der Waals surface area contributed by atoms with Gasteiger partial charge in [0.25, 0.3) is 0 Å². The monoisotopic (exact) mass is 257 g/mol. The van der Waals surface area contributed by atoms with E-state index in [9.17, 15) is 0 Å². The molecule has 0 aliphatic heterocycles. The highest BCUT2D eigenvalue weighted by Crippen LogP contribution is 2.20. The molecule has 0 spiro atoms. The summed E-state index contributed by atoms with van der Waals surface area (Å²) in [6, 6.07) is 8.07. The van der Waals surface area contributed by atoms with Gasteiger partial charge in [0.15, 0.2) is 0 Å². The third-order valence-electron chi connectivity index (χ3n) is 1.89. The molecule has 1 aromatic carbocycles. The highest BCUT2D eigenvalue weighted by molar-refractivity contribution is 9.10. The molecule has 1 atom stereocenters. The summed E-state index contributed by atoms with van der Waals surface area (Å²) in [7, 11) is 0. The van der Waals surface area contributed by atoms with Crippen LogP contribution in [0.5, 0.6) is 0 Å². The Labute approximate surface area is 93.6 Å². The summed E-state index contributed by atoms with van der Waals surface area (Å²) in [5.41, 5.74) is 6.78. The molecule has 1 aromatic rings. The fourth-order valence-corrected chi connectivity index (χ4v) is 1.54. The van der Waals surface area contributed by atoms with E-state index >= 15 is 0 Å². The van der Waals surface area contributed by atoms with Crippen LogP contribution in [-0.4, -0.2) is 12.6 Å². The number of ether oxygens (including phenoxy) is 1. The van der Waals surface area contributed by atoms with Crippen molar-refractivity contribution in [2.24, 2.45) is 5.73 Å². The number of nitrogens with two attached hydrogens (primary N) is 1. The predicted molar refractivity (Wildman–Crippen MR) is 62.2 cm³/mol. The fourth-order valence-electron chi connectivity index (χ4n) is 1.28. The summed E-state index contributed by atoms with van der Waals surface area (Å²) in [5, 5.41) is 0. The smallest absolute Gasteiger partial charge is 0.0950 e. The van der Waals surface area contributed by atoms with E-state index in [4.69, 9.17) is 10.5 Å². The summed E-state index contributed by atoms with van der Waals surface area (Å²) >= 11 is 3.40. The third kappa shape index (κ3) is 3.40. The van der Waals surface area contributed by atoms with Gasteiger partial charge in [0.1, 0.15) is 0 Å². The normalized spacial score (nSPS) is 13.2. The van der Waals surface area contributed by atoms with Crippen LogP contribution in [0.25, 0.3) is 0 Å². The van der Waals surface area contributed by atoms with E-state index in [1.165, 1.54) is 0 Å². The standard InChI is InChI=1S/C11H16BrNO/c1-8(2)14-11(7-13)9-3-5-10(12)6-4-9/h3-6,8,11H,7,13H2,1-2H3/t11-/m1/s1. The average molecular weight is 258 g/mol. The summed E-state index contributed by atoms with van der Waals surface area (Å²) in [5.74, 6) is 0. The van der Waals surface area contributed by atoms with E-state index in [2.05, 4.69) is 15.9 Å². The Bertz CT molecular complexity index is 271. The Kier molecular flexibility index (Phi) is 4.58. The zero-order chi connectivity index (χ0) is 10.6. The van der Waals surface area contributed by atoms with E-state index in [0.29, 0.717) is 6.54 Å². The molecule has 2 nitrogen and oxygen atoms in total. The van der Waals surface area contributed by atoms with Crippen LogP contribution in [0.4, 0.5) is 0 Å². The fraction of sp³-hybridized carbons (Fsp3) is 0.455. The number of halogens is 1. The van der Waals surface area contributed by atoms with Crippen molar-refractivity contribution in [3.8, 4) is 0 Å². The van der Waals surface area contributed by atoms with Gasteiger partial charge in [-0.15, -0.1) is 0 Å². The van der Waals surface area contributed by atoms with Gasteiger partial charge in [-0.3, -0.25) is 0 Å². The zero-order valence-corrected chi connectivity index (χ0v) is 10.1. The first-order valence-corrected chi connectivity index (χ1v) is 5.53. The molecule has 0 radical (unpaired) electrons. The Balaban J connectivity index is 2.73. The Hall–Kier alpha value is -0.380. The van der Waals surface area contributed by atoms with E-state index in [1.54, 1.807) is 0 Å². The van der Waals surface area contributed by atoms with Crippen LogP contribution in [-0.2, 0) is 4.74 Å². The molecule has 3 heteroatoms. The highest BCUT2D eigenvalue weighted by Gasteiger charge is 2.11. The lowest BCUT2D eigenvalue weighted by atomic mass is 10.1. The SMILES string of the molecule is CC(C)O[C@H](CN)c1ccc(Br)cc1. The van der Waals surface area contributed by atoms with Crippen molar-refractivity contribution in [1.29, 1.82) is 0 Å². The molecule has 0 aliphatic carbocycles. The van der Waals surface area contributed by atoms with Crippen LogP contribution in [0, 0.1) is 0 Å². The number of rotatable bonds is 4. The second-order valence-corrected chi connectivity index (χ2v) is 4.38. The first-order chi connectivity index (χ1) is 6.63. The van der Waals surface area contributed by atoms with Crippen LogP contribution in [0.1, 0.15) is 25.5 Å². The zero-order valence-electron chi connectivity index (χ0n) is 8.53. The second kappa shape index (κ2) is 5.49.